The summed E-state index contributed by atoms with van der Waals surface area (Å²) < 4.78 is 0. The van der Waals surface area contributed by atoms with Crippen molar-refractivity contribution < 1.29 is 4.79 Å². The van der Waals surface area contributed by atoms with Crippen LogP contribution < -0.4 is 5.32 Å². The molecule has 58 valence electrons. The second-order valence-corrected chi connectivity index (χ2v) is 2.22. The van der Waals surface area contributed by atoms with Crippen molar-refractivity contribution in [2.24, 2.45) is 0 Å². The van der Waals surface area contributed by atoms with Gasteiger partial charge in [-0.2, -0.15) is 0 Å². The third kappa shape index (κ3) is 7.37. The largest absolute Gasteiger partial charge is 0.313 e. The highest BCUT2D eigenvalue weighted by atomic mass is 16.1. The number of hydrogen-bond donors (Lipinski definition) is 1. The first-order chi connectivity index (χ1) is 4.77. The maximum atomic E-state index is 10.4. The van der Waals surface area contributed by atoms with Gasteiger partial charge in [-0.25, -0.2) is 0 Å². The van der Waals surface area contributed by atoms with Crippen LogP contribution in [-0.2, 0) is 4.79 Å². The van der Waals surface area contributed by atoms with E-state index >= 15 is 0 Å². The zero-order valence-corrected chi connectivity index (χ0v) is 6.68. The average molecular weight is 141 g/mol. The lowest BCUT2D eigenvalue weighted by Crippen LogP contribution is -2.13. The van der Waals surface area contributed by atoms with E-state index in [-0.39, 0.29) is 5.78 Å². The van der Waals surface area contributed by atoms with Gasteiger partial charge >= 0.3 is 0 Å². The first-order valence-electron chi connectivity index (χ1n) is 3.65. The second kappa shape index (κ2) is 6.49. The Balaban J connectivity index is 3.10. The van der Waals surface area contributed by atoms with Crippen LogP contribution in [-0.4, -0.2) is 18.9 Å². The monoisotopic (exact) mass is 141 g/mol. The predicted molar refractivity (Wildman–Crippen MR) is 43.0 cm³/mol. The zero-order valence-electron chi connectivity index (χ0n) is 6.68. The van der Waals surface area contributed by atoms with Crippen LogP contribution in [0.3, 0.4) is 0 Å². The molecule has 0 aromatic carbocycles. The summed E-state index contributed by atoms with van der Waals surface area (Å²) in [6, 6.07) is 0. The van der Waals surface area contributed by atoms with E-state index in [2.05, 4.69) is 12.2 Å². The fraction of sp³-hybridized carbons (Fsp3) is 0.625. The molecular weight excluding hydrogens is 126 g/mol. The summed E-state index contributed by atoms with van der Waals surface area (Å²) in [7, 11) is 0. The summed E-state index contributed by atoms with van der Waals surface area (Å²) in [6.07, 6.45) is 4.56. The summed E-state index contributed by atoms with van der Waals surface area (Å²) in [6.45, 7) is 5.48. The van der Waals surface area contributed by atoms with Crippen LogP contribution in [0.15, 0.2) is 12.2 Å². The topological polar surface area (TPSA) is 29.1 Å². The Bertz CT molecular complexity index is 118. The average Bonchev–Trinajstić information content (AvgIpc) is 1.87. The molecule has 0 heterocycles. The molecule has 0 aromatic heterocycles. The lowest BCUT2D eigenvalue weighted by Gasteiger charge is -1.94. The first-order valence-corrected chi connectivity index (χ1v) is 3.65. The van der Waals surface area contributed by atoms with Crippen LogP contribution in [0.2, 0.25) is 0 Å². The maximum Gasteiger partial charge on any atom is 0.152 e. The maximum absolute atomic E-state index is 10.4. The smallest absolute Gasteiger partial charge is 0.152 e. The van der Waals surface area contributed by atoms with E-state index in [1.165, 1.54) is 0 Å². The molecule has 0 aliphatic rings. The molecule has 2 nitrogen and oxygen atoms in total. The molecule has 0 unspecified atom stereocenters. The summed E-state index contributed by atoms with van der Waals surface area (Å²) in [5.74, 6) is 0.110. The number of nitrogens with one attached hydrogen (secondary N) is 1. The number of allylic oxidation sites excluding steroid dienone is 1. The summed E-state index contributed by atoms with van der Waals surface area (Å²) >= 11 is 0. The molecule has 2 heteroatoms. The van der Waals surface area contributed by atoms with Crippen LogP contribution in [0.1, 0.15) is 20.3 Å². The molecule has 0 atom stereocenters. The third-order valence-corrected chi connectivity index (χ3v) is 1.04. The summed E-state index contributed by atoms with van der Waals surface area (Å²) in [5.41, 5.74) is 0. The minimum Gasteiger partial charge on any atom is -0.313 e. The quantitative estimate of drug-likeness (QED) is 0.459. The van der Waals surface area contributed by atoms with E-state index < -0.39 is 0 Å². The molecule has 0 spiro atoms. The molecule has 0 bridgehead atoms. The lowest BCUT2D eigenvalue weighted by molar-refractivity contribution is -0.112. The van der Waals surface area contributed by atoms with Gasteiger partial charge in [-0.1, -0.05) is 13.0 Å². The van der Waals surface area contributed by atoms with E-state index in [9.17, 15) is 4.79 Å². The first kappa shape index (κ1) is 9.37. The van der Waals surface area contributed by atoms with Gasteiger partial charge in [-0.3, -0.25) is 4.79 Å². The van der Waals surface area contributed by atoms with Crippen molar-refractivity contribution >= 4 is 5.78 Å². The molecule has 0 aliphatic carbocycles. The summed E-state index contributed by atoms with van der Waals surface area (Å²) in [5, 5.41) is 3.15. The second-order valence-electron chi connectivity index (χ2n) is 2.22. The Morgan fingerprint density at radius 2 is 2.30 bits per heavy atom. The zero-order chi connectivity index (χ0) is 7.82. The normalized spacial score (nSPS) is 10.6. The van der Waals surface area contributed by atoms with Crippen LogP contribution >= 0.6 is 0 Å². The SMILES string of the molecule is CCCNC/C=C/C(C)=O. The van der Waals surface area contributed by atoms with Gasteiger partial charge in [0, 0.05) is 6.54 Å². The van der Waals surface area contributed by atoms with Crippen molar-refractivity contribution in [3.8, 4) is 0 Å². The van der Waals surface area contributed by atoms with Crippen molar-refractivity contribution in [1.82, 2.24) is 5.32 Å². The van der Waals surface area contributed by atoms with Crippen LogP contribution in [0.5, 0.6) is 0 Å². The molecule has 10 heavy (non-hydrogen) atoms. The Morgan fingerprint density at radius 3 is 2.80 bits per heavy atom. The van der Waals surface area contributed by atoms with E-state index in [0.29, 0.717) is 0 Å². The Kier molecular flexibility index (Phi) is 6.08. The number of ketones is 1. The molecule has 0 saturated heterocycles. The Labute approximate surface area is 62.3 Å². The van der Waals surface area contributed by atoms with Crippen LogP contribution in [0.25, 0.3) is 0 Å². The Hall–Kier alpha value is -0.630. The van der Waals surface area contributed by atoms with Crippen LogP contribution in [0.4, 0.5) is 0 Å². The number of carbonyl (C=O) groups is 1. The molecule has 0 amide bonds. The van der Waals surface area contributed by atoms with Gasteiger partial charge in [0.25, 0.3) is 0 Å². The van der Waals surface area contributed by atoms with Gasteiger partial charge < -0.3 is 5.32 Å². The van der Waals surface area contributed by atoms with Crippen LogP contribution in [0, 0.1) is 0 Å². The Morgan fingerprint density at radius 1 is 1.60 bits per heavy atom. The van der Waals surface area contributed by atoms with Gasteiger partial charge in [-0.15, -0.1) is 0 Å². The van der Waals surface area contributed by atoms with E-state index in [1.807, 2.05) is 6.08 Å². The molecule has 0 aromatic rings. The standard InChI is InChI=1S/C8H15NO/c1-3-6-9-7-4-5-8(2)10/h4-5,9H,3,6-7H2,1-2H3/b5-4+. The fourth-order valence-corrected chi connectivity index (χ4v) is 0.587. The summed E-state index contributed by atoms with van der Waals surface area (Å²) in [4.78, 5) is 10.4. The molecule has 1 N–H and O–H groups in total. The molecule has 0 radical (unpaired) electrons. The van der Waals surface area contributed by atoms with Gasteiger partial charge in [0.05, 0.1) is 0 Å². The van der Waals surface area contributed by atoms with Crippen molar-refractivity contribution in [3.63, 3.8) is 0 Å². The van der Waals surface area contributed by atoms with E-state index in [0.717, 1.165) is 19.5 Å². The minimum absolute atomic E-state index is 0.110. The van der Waals surface area contributed by atoms with Crippen molar-refractivity contribution in [2.45, 2.75) is 20.3 Å². The van der Waals surface area contributed by atoms with Crippen molar-refractivity contribution in [3.05, 3.63) is 12.2 Å². The van der Waals surface area contributed by atoms with Crippen molar-refractivity contribution in [1.29, 1.82) is 0 Å². The highest BCUT2D eigenvalue weighted by molar-refractivity contribution is 5.87. The molecule has 0 rings (SSSR count). The highest BCUT2D eigenvalue weighted by Crippen LogP contribution is 1.74. The molecule has 0 fully saturated rings. The molecule has 0 aliphatic heterocycles. The fourth-order valence-electron chi connectivity index (χ4n) is 0.587. The predicted octanol–water partition coefficient (Wildman–Crippen LogP) is 1.13. The van der Waals surface area contributed by atoms with Gasteiger partial charge in [0.1, 0.15) is 0 Å². The van der Waals surface area contributed by atoms with Gasteiger partial charge in [0.15, 0.2) is 5.78 Å². The molecule has 0 saturated carbocycles. The minimum atomic E-state index is 0.110. The van der Waals surface area contributed by atoms with E-state index in [4.69, 9.17) is 0 Å². The number of hydrogen-bond acceptors (Lipinski definition) is 2. The lowest BCUT2D eigenvalue weighted by atomic mass is 10.4. The van der Waals surface area contributed by atoms with Crippen molar-refractivity contribution in [2.75, 3.05) is 13.1 Å². The highest BCUT2D eigenvalue weighted by Gasteiger charge is 1.80. The molecular formula is C8H15NO. The number of carbonyl (C=O) groups excluding carboxylic acids is 1. The van der Waals surface area contributed by atoms with E-state index in [1.54, 1.807) is 13.0 Å². The third-order valence-electron chi connectivity index (χ3n) is 1.04. The van der Waals surface area contributed by atoms with Gasteiger partial charge in [0.2, 0.25) is 0 Å². The number of rotatable bonds is 5. The van der Waals surface area contributed by atoms with Gasteiger partial charge in [-0.05, 0) is 26.0 Å².